The van der Waals surface area contributed by atoms with Gasteiger partial charge in [0.25, 0.3) is 5.56 Å². The average molecular weight is 329 g/mol. The number of nitrogens with zero attached hydrogens (tertiary/aromatic N) is 3. The Morgan fingerprint density at radius 2 is 2.00 bits per heavy atom. The Hall–Kier alpha value is -2.73. The molecule has 0 saturated heterocycles. The fraction of sp³-hybridized carbons (Fsp3) is 0.125. The molecule has 1 heterocycles. The number of aromatic nitrogens is 3. The molecule has 3 rings (SSSR count). The monoisotopic (exact) mass is 328 g/mol. The molecule has 0 aliphatic rings. The maximum Gasteiger partial charge on any atom is 0.278 e. The Bertz CT molecular complexity index is 952. The minimum Gasteiger partial charge on any atom is -0.324 e. The van der Waals surface area contributed by atoms with E-state index >= 15 is 0 Å². The molecule has 0 spiro atoms. The molecule has 0 aliphatic carbocycles. The first-order valence-electron chi connectivity index (χ1n) is 6.94. The van der Waals surface area contributed by atoms with Crippen LogP contribution in [-0.4, -0.2) is 20.9 Å². The van der Waals surface area contributed by atoms with Crippen molar-refractivity contribution in [3.63, 3.8) is 0 Å². The van der Waals surface area contributed by atoms with Gasteiger partial charge in [-0.1, -0.05) is 35.0 Å². The van der Waals surface area contributed by atoms with Gasteiger partial charge < -0.3 is 5.32 Å². The van der Waals surface area contributed by atoms with Crippen LogP contribution in [0.4, 0.5) is 5.69 Å². The van der Waals surface area contributed by atoms with E-state index in [0.717, 1.165) is 10.2 Å². The fourth-order valence-corrected chi connectivity index (χ4v) is 2.37. The molecule has 1 N–H and O–H groups in total. The first-order chi connectivity index (χ1) is 11.1. The number of carbonyl (C=O) groups excluding carboxylic acids is 1. The quantitative estimate of drug-likeness (QED) is 0.801. The molecule has 0 fully saturated rings. The molecule has 0 radical (unpaired) electrons. The van der Waals surface area contributed by atoms with E-state index in [9.17, 15) is 9.59 Å². The molecule has 0 unspecified atom stereocenters. The van der Waals surface area contributed by atoms with Gasteiger partial charge in [-0.15, -0.1) is 5.10 Å². The van der Waals surface area contributed by atoms with Crippen LogP contribution in [0, 0.1) is 6.92 Å². The number of fused-ring (bicyclic) bond motifs is 1. The molecule has 1 amide bonds. The highest BCUT2D eigenvalue weighted by atomic mass is 35.5. The lowest BCUT2D eigenvalue weighted by atomic mass is 10.2. The number of hydrogen-bond donors (Lipinski definition) is 1. The summed E-state index contributed by atoms with van der Waals surface area (Å²) >= 11 is 6.02. The van der Waals surface area contributed by atoms with E-state index in [1.165, 1.54) is 0 Å². The third kappa shape index (κ3) is 3.07. The summed E-state index contributed by atoms with van der Waals surface area (Å²) in [6.45, 7) is 1.59. The lowest BCUT2D eigenvalue weighted by molar-refractivity contribution is -0.117. The minimum atomic E-state index is -0.373. The van der Waals surface area contributed by atoms with Crippen LogP contribution in [0.1, 0.15) is 5.56 Å². The SMILES string of the molecule is Cc1c(Cl)cccc1NC(=O)Cn1nnc2ccccc2c1=O. The highest BCUT2D eigenvalue weighted by Gasteiger charge is 2.11. The van der Waals surface area contributed by atoms with E-state index in [-0.39, 0.29) is 18.0 Å². The number of anilines is 1. The van der Waals surface area contributed by atoms with Gasteiger partial charge in [0.2, 0.25) is 5.91 Å². The van der Waals surface area contributed by atoms with Crippen LogP contribution in [0.3, 0.4) is 0 Å². The topological polar surface area (TPSA) is 76.9 Å². The molecular weight excluding hydrogens is 316 g/mol. The van der Waals surface area contributed by atoms with Crippen LogP contribution < -0.4 is 10.9 Å². The molecule has 0 saturated carbocycles. The van der Waals surface area contributed by atoms with Crippen molar-refractivity contribution < 1.29 is 4.79 Å². The maximum atomic E-state index is 12.3. The van der Waals surface area contributed by atoms with Crippen molar-refractivity contribution >= 4 is 34.1 Å². The van der Waals surface area contributed by atoms with E-state index in [1.807, 2.05) is 0 Å². The van der Waals surface area contributed by atoms with Crippen LogP contribution in [0.25, 0.3) is 10.9 Å². The number of carbonyl (C=O) groups is 1. The summed E-state index contributed by atoms with van der Waals surface area (Å²) in [6.07, 6.45) is 0. The maximum absolute atomic E-state index is 12.3. The largest absolute Gasteiger partial charge is 0.324 e. The predicted molar refractivity (Wildman–Crippen MR) is 88.6 cm³/mol. The fourth-order valence-electron chi connectivity index (χ4n) is 2.20. The zero-order valence-corrected chi connectivity index (χ0v) is 13.0. The van der Waals surface area contributed by atoms with Crippen molar-refractivity contribution in [1.29, 1.82) is 0 Å². The molecule has 0 bridgehead atoms. The van der Waals surface area contributed by atoms with Crippen LogP contribution >= 0.6 is 11.6 Å². The minimum absolute atomic E-state index is 0.220. The van der Waals surface area contributed by atoms with Gasteiger partial charge in [0.05, 0.1) is 5.39 Å². The van der Waals surface area contributed by atoms with Crippen molar-refractivity contribution in [1.82, 2.24) is 15.0 Å². The molecule has 2 aromatic carbocycles. The van der Waals surface area contributed by atoms with E-state index in [4.69, 9.17) is 11.6 Å². The van der Waals surface area contributed by atoms with Gasteiger partial charge in [-0.3, -0.25) is 9.59 Å². The lowest BCUT2D eigenvalue weighted by Crippen LogP contribution is -2.30. The molecule has 7 heteroatoms. The highest BCUT2D eigenvalue weighted by molar-refractivity contribution is 6.31. The van der Waals surface area contributed by atoms with Crippen LogP contribution in [0.2, 0.25) is 5.02 Å². The van der Waals surface area contributed by atoms with Crippen LogP contribution in [0.15, 0.2) is 47.3 Å². The average Bonchev–Trinajstić information content (AvgIpc) is 2.55. The lowest BCUT2D eigenvalue weighted by Gasteiger charge is -2.10. The molecular formula is C16H13ClN4O2. The molecule has 23 heavy (non-hydrogen) atoms. The Labute approximate surface area is 136 Å². The summed E-state index contributed by atoms with van der Waals surface area (Å²) in [6, 6.07) is 12.1. The van der Waals surface area contributed by atoms with Gasteiger partial charge in [0.1, 0.15) is 12.1 Å². The third-order valence-electron chi connectivity index (χ3n) is 3.46. The van der Waals surface area contributed by atoms with Gasteiger partial charge in [0.15, 0.2) is 0 Å². The van der Waals surface area contributed by atoms with Crippen molar-refractivity contribution in [3.8, 4) is 0 Å². The summed E-state index contributed by atoms with van der Waals surface area (Å²) in [5.74, 6) is -0.373. The Morgan fingerprint density at radius 3 is 2.83 bits per heavy atom. The van der Waals surface area contributed by atoms with Crippen LogP contribution in [0.5, 0.6) is 0 Å². The van der Waals surface area contributed by atoms with Gasteiger partial charge >= 0.3 is 0 Å². The number of rotatable bonds is 3. The van der Waals surface area contributed by atoms with Gasteiger partial charge in [-0.2, -0.15) is 0 Å². The third-order valence-corrected chi connectivity index (χ3v) is 3.87. The number of nitrogens with one attached hydrogen (secondary N) is 1. The first kappa shape index (κ1) is 15.2. The predicted octanol–water partition coefficient (Wildman–Crippen LogP) is 2.39. The van der Waals surface area contributed by atoms with E-state index in [0.29, 0.717) is 21.6 Å². The van der Waals surface area contributed by atoms with Crippen molar-refractivity contribution in [2.45, 2.75) is 13.5 Å². The van der Waals surface area contributed by atoms with Gasteiger partial charge in [0, 0.05) is 10.7 Å². The van der Waals surface area contributed by atoms with Crippen molar-refractivity contribution in [3.05, 3.63) is 63.4 Å². The number of benzene rings is 2. The van der Waals surface area contributed by atoms with Gasteiger partial charge in [-0.25, -0.2) is 4.68 Å². The standard InChI is InChI=1S/C16H13ClN4O2/c1-10-12(17)6-4-8-13(10)18-15(22)9-21-16(23)11-5-2-3-7-14(11)19-20-21/h2-8H,9H2,1H3,(H,18,22). The van der Waals surface area contributed by atoms with E-state index in [2.05, 4.69) is 15.6 Å². The second-order valence-electron chi connectivity index (χ2n) is 5.03. The number of amides is 1. The first-order valence-corrected chi connectivity index (χ1v) is 7.31. The molecule has 1 aromatic heterocycles. The zero-order valence-electron chi connectivity index (χ0n) is 12.3. The summed E-state index contributed by atoms with van der Waals surface area (Å²) in [5.41, 5.74) is 1.51. The Kier molecular flexibility index (Phi) is 4.08. The molecule has 3 aromatic rings. The molecule has 116 valence electrons. The smallest absolute Gasteiger partial charge is 0.278 e. The van der Waals surface area contributed by atoms with Crippen LogP contribution in [-0.2, 0) is 11.3 Å². The molecule has 6 nitrogen and oxygen atoms in total. The number of halogens is 1. The second kappa shape index (κ2) is 6.18. The summed E-state index contributed by atoms with van der Waals surface area (Å²) in [4.78, 5) is 24.4. The zero-order chi connectivity index (χ0) is 16.4. The highest BCUT2D eigenvalue weighted by Crippen LogP contribution is 2.22. The van der Waals surface area contributed by atoms with E-state index < -0.39 is 0 Å². The summed E-state index contributed by atoms with van der Waals surface area (Å²) in [7, 11) is 0. The normalized spacial score (nSPS) is 10.7. The van der Waals surface area contributed by atoms with Crippen molar-refractivity contribution in [2.75, 3.05) is 5.32 Å². The number of hydrogen-bond acceptors (Lipinski definition) is 4. The molecule has 0 aliphatic heterocycles. The molecule has 0 atom stereocenters. The Balaban J connectivity index is 1.85. The van der Waals surface area contributed by atoms with E-state index in [1.54, 1.807) is 49.4 Å². The summed E-state index contributed by atoms with van der Waals surface area (Å²) in [5, 5.41) is 11.5. The van der Waals surface area contributed by atoms with Crippen molar-refractivity contribution in [2.24, 2.45) is 0 Å². The second-order valence-corrected chi connectivity index (χ2v) is 5.44. The summed E-state index contributed by atoms with van der Waals surface area (Å²) < 4.78 is 1.04. The Morgan fingerprint density at radius 1 is 1.22 bits per heavy atom. The van der Waals surface area contributed by atoms with Gasteiger partial charge in [-0.05, 0) is 36.8 Å².